The van der Waals surface area contributed by atoms with Crippen LogP contribution in [0.4, 0.5) is 0 Å². The highest BCUT2D eigenvalue weighted by molar-refractivity contribution is 5.75. The second-order valence-electron chi connectivity index (χ2n) is 3.86. The molecule has 0 radical (unpaired) electrons. The van der Waals surface area contributed by atoms with Crippen molar-refractivity contribution >= 4 is 5.91 Å². The largest absolute Gasteiger partial charge is 0.493 e. The third kappa shape index (κ3) is 4.25. The molecular weight excluding hydrogens is 232 g/mol. The van der Waals surface area contributed by atoms with Crippen molar-refractivity contribution in [3.05, 3.63) is 23.8 Å². The minimum Gasteiger partial charge on any atom is -0.493 e. The van der Waals surface area contributed by atoms with Gasteiger partial charge in [-0.1, -0.05) is 6.07 Å². The van der Waals surface area contributed by atoms with E-state index < -0.39 is 0 Å². The maximum atomic E-state index is 11.4. The van der Waals surface area contributed by atoms with Crippen molar-refractivity contribution in [2.45, 2.75) is 19.4 Å². The lowest BCUT2D eigenvalue weighted by Crippen LogP contribution is -2.23. The molecule has 0 saturated carbocycles. The van der Waals surface area contributed by atoms with Gasteiger partial charge in [-0.05, 0) is 30.7 Å². The number of carbonyl (C=O) groups is 1. The van der Waals surface area contributed by atoms with E-state index in [0.29, 0.717) is 37.4 Å². The fourth-order valence-electron chi connectivity index (χ4n) is 1.54. The first-order chi connectivity index (χ1) is 8.71. The summed E-state index contributed by atoms with van der Waals surface area (Å²) < 4.78 is 10.3. The second-order valence-corrected chi connectivity index (χ2v) is 3.86. The number of amides is 1. The number of ether oxygens (including phenoxy) is 2. The Morgan fingerprint density at radius 2 is 2.00 bits per heavy atom. The number of carbonyl (C=O) groups excluding carboxylic acids is 1. The predicted octanol–water partition coefficient (Wildman–Crippen LogP) is 1.06. The van der Waals surface area contributed by atoms with Gasteiger partial charge in [0.2, 0.25) is 5.91 Å². The number of rotatable bonds is 7. The fraction of sp³-hybridized carbons (Fsp3) is 0.462. The monoisotopic (exact) mass is 252 g/mol. The highest BCUT2D eigenvalue weighted by Gasteiger charge is 2.05. The van der Waals surface area contributed by atoms with E-state index in [1.165, 1.54) is 0 Å². The molecule has 18 heavy (non-hydrogen) atoms. The standard InChI is InChI=1S/C13H20N2O3/c1-17-11-6-5-10(8-12(11)18-2)9-15-13(16)4-3-7-14/h5-6,8H,3-4,7,9,14H2,1-2H3,(H,15,16). The summed E-state index contributed by atoms with van der Waals surface area (Å²) in [5.74, 6) is 1.34. The Morgan fingerprint density at radius 3 is 2.61 bits per heavy atom. The molecular formula is C13H20N2O3. The van der Waals surface area contributed by atoms with Gasteiger partial charge in [-0.2, -0.15) is 0 Å². The van der Waals surface area contributed by atoms with Crippen LogP contribution in [0.2, 0.25) is 0 Å². The van der Waals surface area contributed by atoms with Crippen molar-refractivity contribution < 1.29 is 14.3 Å². The van der Waals surface area contributed by atoms with Crippen LogP contribution in [0.5, 0.6) is 11.5 Å². The average Bonchev–Trinajstić information content (AvgIpc) is 2.42. The molecule has 1 amide bonds. The Hall–Kier alpha value is -1.75. The summed E-state index contributed by atoms with van der Waals surface area (Å²) in [4.78, 5) is 11.4. The van der Waals surface area contributed by atoms with Crippen LogP contribution in [0.25, 0.3) is 0 Å². The highest BCUT2D eigenvalue weighted by atomic mass is 16.5. The molecule has 0 aliphatic carbocycles. The van der Waals surface area contributed by atoms with Crippen LogP contribution in [0.15, 0.2) is 18.2 Å². The summed E-state index contributed by atoms with van der Waals surface area (Å²) in [6.45, 7) is 1.01. The normalized spacial score (nSPS) is 9.94. The van der Waals surface area contributed by atoms with Crippen molar-refractivity contribution in [1.29, 1.82) is 0 Å². The molecule has 0 fully saturated rings. The zero-order valence-electron chi connectivity index (χ0n) is 10.9. The van der Waals surface area contributed by atoms with Crippen LogP contribution >= 0.6 is 0 Å². The lowest BCUT2D eigenvalue weighted by Gasteiger charge is -2.10. The summed E-state index contributed by atoms with van der Waals surface area (Å²) >= 11 is 0. The van der Waals surface area contributed by atoms with Gasteiger partial charge in [0.15, 0.2) is 11.5 Å². The summed E-state index contributed by atoms with van der Waals surface area (Å²) in [7, 11) is 3.17. The van der Waals surface area contributed by atoms with E-state index in [1.807, 2.05) is 18.2 Å². The maximum absolute atomic E-state index is 11.4. The zero-order chi connectivity index (χ0) is 13.4. The molecule has 1 aromatic carbocycles. The van der Waals surface area contributed by atoms with Crippen LogP contribution in [0.1, 0.15) is 18.4 Å². The molecule has 0 aromatic heterocycles. The van der Waals surface area contributed by atoms with Crippen LogP contribution in [-0.4, -0.2) is 26.7 Å². The Bertz CT molecular complexity index is 394. The molecule has 0 unspecified atom stereocenters. The van der Waals surface area contributed by atoms with Gasteiger partial charge in [-0.15, -0.1) is 0 Å². The summed E-state index contributed by atoms with van der Waals surface area (Å²) in [5, 5.41) is 2.83. The first-order valence-corrected chi connectivity index (χ1v) is 5.89. The minimum atomic E-state index is 0.00948. The van der Waals surface area contributed by atoms with Gasteiger partial charge >= 0.3 is 0 Å². The Balaban J connectivity index is 2.55. The fourth-order valence-corrected chi connectivity index (χ4v) is 1.54. The molecule has 3 N–H and O–H groups in total. The van der Waals surface area contributed by atoms with Crippen LogP contribution in [-0.2, 0) is 11.3 Å². The van der Waals surface area contributed by atoms with Crippen molar-refractivity contribution in [2.24, 2.45) is 5.73 Å². The van der Waals surface area contributed by atoms with E-state index in [0.717, 1.165) is 5.56 Å². The number of methoxy groups -OCH3 is 2. The molecule has 0 spiro atoms. The van der Waals surface area contributed by atoms with Gasteiger partial charge in [0, 0.05) is 13.0 Å². The third-order valence-electron chi connectivity index (χ3n) is 2.55. The average molecular weight is 252 g/mol. The molecule has 1 rings (SSSR count). The highest BCUT2D eigenvalue weighted by Crippen LogP contribution is 2.27. The molecule has 0 heterocycles. The van der Waals surface area contributed by atoms with Gasteiger partial charge in [-0.25, -0.2) is 0 Å². The van der Waals surface area contributed by atoms with Crippen molar-refractivity contribution in [3.8, 4) is 11.5 Å². The van der Waals surface area contributed by atoms with Gasteiger partial charge in [0.05, 0.1) is 14.2 Å². The van der Waals surface area contributed by atoms with Crippen LogP contribution < -0.4 is 20.5 Å². The lowest BCUT2D eigenvalue weighted by atomic mass is 10.2. The molecule has 1 aromatic rings. The first-order valence-electron chi connectivity index (χ1n) is 5.89. The smallest absolute Gasteiger partial charge is 0.220 e. The zero-order valence-corrected chi connectivity index (χ0v) is 10.9. The van der Waals surface area contributed by atoms with Crippen LogP contribution in [0, 0.1) is 0 Å². The lowest BCUT2D eigenvalue weighted by molar-refractivity contribution is -0.121. The minimum absolute atomic E-state index is 0.00948. The van der Waals surface area contributed by atoms with E-state index in [9.17, 15) is 4.79 Å². The molecule has 0 saturated heterocycles. The Morgan fingerprint density at radius 1 is 1.28 bits per heavy atom. The van der Waals surface area contributed by atoms with E-state index in [4.69, 9.17) is 15.2 Å². The van der Waals surface area contributed by atoms with E-state index in [1.54, 1.807) is 14.2 Å². The maximum Gasteiger partial charge on any atom is 0.220 e. The second kappa shape index (κ2) is 7.55. The topological polar surface area (TPSA) is 73.6 Å². The molecule has 0 atom stereocenters. The van der Waals surface area contributed by atoms with Crippen molar-refractivity contribution in [2.75, 3.05) is 20.8 Å². The summed E-state index contributed by atoms with van der Waals surface area (Å²) in [6, 6.07) is 5.56. The number of benzene rings is 1. The van der Waals surface area contributed by atoms with Crippen molar-refractivity contribution in [3.63, 3.8) is 0 Å². The van der Waals surface area contributed by atoms with Gasteiger partial charge in [-0.3, -0.25) is 4.79 Å². The predicted molar refractivity (Wildman–Crippen MR) is 69.7 cm³/mol. The van der Waals surface area contributed by atoms with Gasteiger partial charge in [0.25, 0.3) is 0 Å². The SMILES string of the molecule is COc1ccc(CNC(=O)CCCN)cc1OC. The first kappa shape index (κ1) is 14.3. The molecule has 0 aliphatic rings. The van der Waals surface area contributed by atoms with Crippen LogP contribution in [0.3, 0.4) is 0 Å². The molecule has 5 heteroatoms. The summed E-state index contributed by atoms with van der Waals surface area (Å²) in [5.41, 5.74) is 6.31. The number of nitrogens with two attached hydrogens (primary N) is 1. The number of hydrogen-bond acceptors (Lipinski definition) is 4. The summed E-state index contributed by atoms with van der Waals surface area (Å²) in [6.07, 6.45) is 1.17. The van der Waals surface area contributed by atoms with Gasteiger partial charge in [0.1, 0.15) is 0 Å². The molecule has 5 nitrogen and oxygen atoms in total. The number of nitrogens with one attached hydrogen (secondary N) is 1. The Kier molecular flexibility index (Phi) is 6.00. The molecule has 0 bridgehead atoms. The Labute approximate surface area is 107 Å². The van der Waals surface area contributed by atoms with Gasteiger partial charge < -0.3 is 20.5 Å². The van der Waals surface area contributed by atoms with E-state index >= 15 is 0 Å². The van der Waals surface area contributed by atoms with E-state index in [2.05, 4.69) is 5.32 Å². The van der Waals surface area contributed by atoms with E-state index in [-0.39, 0.29) is 5.91 Å². The molecule has 0 aliphatic heterocycles. The van der Waals surface area contributed by atoms with Crippen molar-refractivity contribution in [1.82, 2.24) is 5.32 Å². The third-order valence-corrected chi connectivity index (χ3v) is 2.55. The quantitative estimate of drug-likeness (QED) is 0.761. The molecule has 100 valence electrons. The number of hydrogen-bond donors (Lipinski definition) is 2.